The van der Waals surface area contributed by atoms with E-state index in [9.17, 15) is 14.0 Å². The Kier molecular flexibility index (Phi) is 5.96. The molecule has 1 aromatic heterocycles. The number of hydrogen-bond acceptors (Lipinski definition) is 3. The molecular formula is C22H27FN3O2S+. The van der Waals surface area contributed by atoms with E-state index in [-0.39, 0.29) is 17.5 Å². The molecule has 1 aliphatic heterocycles. The highest BCUT2D eigenvalue weighted by molar-refractivity contribution is 7.17. The van der Waals surface area contributed by atoms with Gasteiger partial charge in [0.25, 0.3) is 11.8 Å². The smallest absolute Gasteiger partial charge is 0.280 e. The molecule has 2 heterocycles. The molecule has 4 rings (SSSR count). The third-order valence-corrected chi connectivity index (χ3v) is 7.00. The van der Waals surface area contributed by atoms with Crippen molar-refractivity contribution in [1.29, 1.82) is 0 Å². The quantitative estimate of drug-likeness (QED) is 0.702. The Balaban J connectivity index is 1.59. The van der Waals surface area contributed by atoms with Gasteiger partial charge in [-0.25, -0.2) is 4.39 Å². The Morgan fingerprint density at radius 1 is 1.21 bits per heavy atom. The number of likely N-dealkylation sites (tertiary alicyclic amines) is 1. The van der Waals surface area contributed by atoms with Crippen LogP contribution in [0.3, 0.4) is 0 Å². The van der Waals surface area contributed by atoms with Crippen molar-refractivity contribution in [1.82, 2.24) is 0 Å². The second-order valence-corrected chi connectivity index (χ2v) is 9.28. The van der Waals surface area contributed by atoms with E-state index in [1.165, 1.54) is 22.3 Å². The van der Waals surface area contributed by atoms with Crippen molar-refractivity contribution in [2.45, 2.75) is 39.0 Å². The lowest BCUT2D eigenvalue weighted by Crippen LogP contribution is -3.11. The van der Waals surface area contributed by atoms with Gasteiger partial charge < -0.3 is 15.5 Å². The summed E-state index contributed by atoms with van der Waals surface area (Å²) in [6.45, 7) is 4.67. The van der Waals surface area contributed by atoms with Gasteiger partial charge in [0.2, 0.25) is 0 Å². The summed E-state index contributed by atoms with van der Waals surface area (Å²) in [5.41, 5.74) is 1.66. The van der Waals surface area contributed by atoms with Crippen molar-refractivity contribution in [3.8, 4) is 0 Å². The summed E-state index contributed by atoms with van der Waals surface area (Å²) < 4.78 is 14.0. The van der Waals surface area contributed by atoms with Crippen molar-refractivity contribution in [3.05, 3.63) is 46.1 Å². The van der Waals surface area contributed by atoms with Gasteiger partial charge in [0.15, 0.2) is 6.54 Å². The molecule has 0 saturated carbocycles. The van der Waals surface area contributed by atoms with Crippen LogP contribution in [0, 0.1) is 11.7 Å². The Hall–Kier alpha value is -2.25. The van der Waals surface area contributed by atoms with Crippen LogP contribution in [-0.2, 0) is 17.6 Å². The summed E-state index contributed by atoms with van der Waals surface area (Å²) in [4.78, 5) is 28.2. The largest absolute Gasteiger partial charge is 0.327 e. The highest BCUT2D eigenvalue weighted by Gasteiger charge is 2.29. The van der Waals surface area contributed by atoms with Gasteiger partial charge in [-0.2, -0.15) is 0 Å². The van der Waals surface area contributed by atoms with Crippen LogP contribution in [0.5, 0.6) is 0 Å². The number of anilines is 2. The molecule has 1 atom stereocenters. The van der Waals surface area contributed by atoms with Crippen LogP contribution >= 0.6 is 11.3 Å². The number of quaternary nitrogens is 1. The maximum atomic E-state index is 14.0. The van der Waals surface area contributed by atoms with Gasteiger partial charge in [0, 0.05) is 17.7 Å². The molecule has 2 aliphatic rings. The fraction of sp³-hybridized carbons (Fsp3) is 0.455. The van der Waals surface area contributed by atoms with E-state index in [0.717, 1.165) is 55.6 Å². The van der Waals surface area contributed by atoms with Crippen LogP contribution in [0.2, 0.25) is 0 Å². The average molecular weight is 417 g/mol. The number of carbonyl (C=O) groups is 2. The molecule has 2 amide bonds. The van der Waals surface area contributed by atoms with Gasteiger partial charge in [-0.1, -0.05) is 19.1 Å². The molecule has 1 aromatic carbocycles. The van der Waals surface area contributed by atoms with E-state index >= 15 is 0 Å². The number of para-hydroxylation sites is 1. The van der Waals surface area contributed by atoms with Crippen LogP contribution < -0.4 is 15.5 Å². The van der Waals surface area contributed by atoms with Crippen molar-refractivity contribution in [2.75, 3.05) is 30.3 Å². The molecular weight excluding hydrogens is 389 g/mol. The standard InChI is InChI=1S/C22H26FN3O2S/c1-14-8-9-15-18(12-14)29-22(25-19(27)13-26-10-4-5-11-26)20(15)21(28)24-17-7-3-2-6-16(17)23/h2-3,6-7,14H,4-5,8-13H2,1H3,(H,24,28)(H,25,27)/p+1/t14-/m1/s1. The summed E-state index contributed by atoms with van der Waals surface area (Å²) in [5, 5.41) is 6.29. The zero-order chi connectivity index (χ0) is 20.4. The van der Waals surface area contributed by atoms with Crippen LogP contribution in [0.25, 0.3) is 0 Å². The maximum absolute atomic E-state index is 14.0. The zero-order valence-corrected chi connectivity index (χ0v) is 17.5. The number of rotatable bonds is 5. The lowest BCUT2D eigenvalue weighted by Gasteiger charge is -2.18. The minimum atomic E-state index is -0.471. The van der Waals surface area contributed by atoms with E-state index in [0.29, 0.717) is 23.0 Å². The average Bonchev–Trinajstić information content (AvgIpc) is 3.30. The second-order valence-electron chi connectivity index (χ2n) is 8.17. The number of hydrogen-bond donors (Lipinski definition) is 3. The fourth-order valence-electron chi connectivity index (χ4n) is 4.28. The molecule has 0 unspecified atom stereocenters. The highest BCUT2D eigenvalue weighted by atomic mass is 32.1. The Morgan fingerprint density at radius 2 is 1.97 bits per heavy atom. The summed E-state index contributed by atoms with van der Waals surface area (Å²) in [7, 11) is 0. The van der Waals surface area contributed by atoms with Crippen molar-refractivity contribution < 1.29 is 18.9 Å². The molecule has 1 saturated heterocycles. The molecule has 5 nitrogen and oxygen atoms in total. The SMILES string of the molecule is C[C@@H]1CCc2c(sc(NC(=O)C[NH+]3CCCC3)c2C(=O)Nc2ccccc2F)C1. The first kappa shape index (κ1) is 20.0. The van der Waals surface area contributed by atoms with Crippen LogP contribution in [-0.4, -0.2) is 31.4 Å². The predicted molar refractivity (Wildman–Crippen MR) is 113 cm³/mol. The monoisotopic (exact) mass is 416 g/mol. The van der Waals surface area contributed by atoms with Crippen LogP contribution in [0.15, 0.2) is 24.3 Å². The lowest BCUT2D eigenvalue weighted by atomic mass is 9.88. The first-order valence-electron chi connectivity index (χ1n) is 10.3. The lowest BCUT2D eigenvalue weighted by molar-refractivity contribution is -0.878. The Bertz CT molecular complexity index is 921. The number of carbonyl (C=O) groups excluding carboxylic acids is 2. The zero-order valence-electron chi connectivity index (χ0n) is 16.6. The van der Waals surface area contributed by atoms with E-state index in [1.54, 1.807) is 18.2 Å². The van der Waals surface area contributed by atoms with Crippen LogP contribution in [0.4, 0.5) is 15.1 Å². The van der Waals surface area contributed by atoms with Crippen molar-refractivity contribution in [2.24, 2.45) is 5.92 Å². The van der Waals surface area contributed by atoms with Crippen molar-refractivity contribution in [3.63, 3.8) is 0 Å². The maximum Gasteiger partial charge on any atom is 0.280 e. The number of benzene rings is 1. The summed E-state index contributed by atoms with van der Waals surface area (Å²) in [6, 6.07) is 6.14. The molecule has 154 valence electrons. The first-order chi connectivity index (χ1) is 14.0. The van der Waals surface area contributed by atoms with Gasteiger partial charge in [0.05, 0.1) is 24.3 Å². The molecule has 29 heavy (non-hydrogen) atoms. The molecule has 2 aromatic rings. The van der Waals surface area contributed by atoms with E-state index in [1.807, 2.05) is 0 Å². The first-order valence-corrected chi connectivity index (χ1v) is 11.2. The summed E-state index contributed by atoms with van der Waals surface area (Å²) in [5.74, 6) is -0.331. The second kappa shape index (κ2) is 8.63. The third-order valence-electron chi connectivity index (χ3n) is 5.83. The van der Waals surface area contributed by atoms with E-state index in [4.69, 9.17) is 0 Å². The number of nitrogens with one attached hydrogen (secondary N) is 3. The number of amides is 2. The molecule has 1 fully saturated rings. The van der Waals surface area contributed by atoms with Gasteiger partial charge in [0.1, 0.15) is 10.8 Å². The topological polar surface area (TPSA) is 62.6 Å². The van der Waals surface area contributed by atoms with Gasteiger partial charge in [-0.15, -0.1) is 11.3 Å². The minimum absolute atomic E-state index is 0.0616. The molecule has 1 aliphatic carbocycles. The molecule has 7 heteroatoms. The molecule has 3 N–H and O–H groups in total. The molecule has 0 bridgehead atoms. The van der Waals surface area contributed by atoms with Gasteiger partial charge >= 0.3 is 0 Å². The number of fused-ring (bicyclic) bond motifs is 1. The number of thiophene rings is 1. The van der Waals surface area contributed by atoms with Crippen LogP contribution in [0.1, 0.15) is 47.0 Å². The third kappa shape index (κ3) is 4.51. The van der Waals surface area contributed by atoms with E-state index < -0.39 is 5.82 Å². The Morgan fingerprint density at radius 3 is 2.72 bits per heavy atom. The normalized spacial score (nSPS) is 19.0. The molecule has 0 radical (unpaired) electrons. The van der Waals surface area contributed by atoms with Crippen molar-refractivity contribution >= 4 is 33.8 Å². The van der Waals surface area contributed by atoms with E-state index in [2.05, 4.69) is 17.6 Å². The summed E-state index contributed by atoms with van der Waals surface area (Å²) in [6.07, 6.45) is 5.04. The highest BCUT2D eigenvalue weighted by Crippen LogP contribution is 2.40. The number of halogens is 1. The van der Waals surface area contributed by atoms with Gasteiger partial charge in [-0.05, 0) is 42.9 Å². The fourth-order valence-corrected chi connectivity index (χ4v) is 5.70. The Labute approximate surface area is 174 Å². The minimum Gasteiger partial charge on any atom is -0.327 e. The summed E-state index contributed by atoms with van der Waals surface area (Å²) >= 11 is 1.50. The predicted octanol–water partition coefficient (Wildman–Crippen LogP) is 2.88. The van der Waals surface area contributed by atoms with Gasteiger partial charge in [-0.3, -0.25) is 9.59 Å². The molecule has 0 spiro atoms.